The predicted octanol–water partition coefficient (Wildman–Crippen LogP) is 1.84. The molecule has 0 saturated carbocycles. The van der Waals surface area contributed by atoms with Gasteiger partial charge in [0.1, 0.15) is 0 Å². The molecule has 6 nitrogen and oxygen atoms in total. The quantitative estimate of drug-likeness (QED) is 0.702. The van der Waals surface area contributed by atoms with E-state index in [0.29, 0.717) is 32.7 Å². The Balaban J connectivity index is 1.52. The fraction of sp³-hybridized carbons (Fsp3) is 0.391. The number of nitrogens with zero attached hydrogens (tertiary/aromatic N) is 1. The second-order valence-corrected chi connectivity index (χ2v) is 7.28. The lowest BCUT2D eigenvalue weighted by atomic mass is 10.0. The Kier molecular flexibility index (Phi) is 7.78. The Hall–Kier alpha value is -2.70. The van der Waals surface area contributed by atoms with Gasteiger partial charge in [-0.1, -0.05) is 60.2 Å². The maximum absolute atomic E-state index is 12.3. The highest BCUT2D eigenvalue weighted by Gasteiger charge is 2.24. The lowest BCUT2D eigenvalue weighted by Crippen LogP contribution is -2.47. The Morgan fingerprint density at radius 3 is 2.31 bits per heavy atom. The zero-order valence-corrected chi connectivity index (χ0v) is 16.9. The lowest BCUT2D eigenvalue weighted by Gasteiger charge is -2.35. The monoisotopic (exact) mass is 395 g/mol. The molecule has 1 saturated heterocycles. The molecule has 1 aliphatic heterocycles. The standard InChI is InChI=1S/C23H29N3O3/c1-18-7-9-20(10-8-18)21(26-13-15-29-16-14-26)17-25-23(28)22(27)24-12-11-19-5-3-2-4-6-19/h2-10,21H,11-17H2,1H3,(H,24,27)(H,25,28)/t21-/m1/s1. The summed E-state index contributed by atoms with van der Waals surface area (Å²) in [6, 6.07) is 18.2. The number of amides is 2. The van der Waals surface area contributed by atoms with Crippen molar-refractivity contribution in [3.05, 3.63) is 71.3 Å². The molecule has 2 amide bonds. The maximum Gasteiger partial charge on any atom is 0.309 e. The molecule has 0 aliphatic carbocycles. The van der Waals surface area contributed by atoms with Gasteiger partial charge in [-0.15, -0.1) is 0 Å². The van der Waals surface area contributed by atoms with Crippen LogP contribution in [0.1, 0.15) is 22.7 Å². The summed E-state index contributed by atoms with van der Waals surface area (Å²) in [5, 5.41) is 5.50. The van der Waals surface area contributed by atoms with E-state index >= 15 is 0 Å². The van der Waals surface area contributed by atoms with E-state index in [4.69, 9.17) is 4.74 Å². The molecule has 0 bridgehead atoms. The summed E-state index contributed by atoms with van der Waals surface area (Å²) in [5.41, 5.74) is 3.44. The molecule has 0 unspecified atom stereocenters. The summed E-state index contributed by atoms with van der Waals surface area (Å²) >= 11 is 0. The van der Waals surface area contributed by atoms with Crippen LogP contribution < -0.4 is 10.6 Å². The third-order valence-electron chi connectivity index (χ3n) is 5.15. The summed E-state index contributed by atoms with van der Waals surface area (Å²) in [5.74, 6) is -1.19. The summed E-state index contributed by atoms with van der Waals surface area (Å²) in [7, 11) is 0. The molecular weight excluding hydrogens is 366 g/mol. The van der Waals surface area contributed by atoms with Crippen molar-refractivity contribution < 1.29 is 14.3 Å². The minimum Gasteiger partial charge on any atom is -0.379 e. The number of morpholine rings is 1. The van der Waals surface area contributed by atoms with E-state index in [9.17, 15) is 9.59 Å². The zero-order chi connectivity index (χ0) is 20.5. The third-order valence-corrected chi connectivity index (χ3v) is 5.15. The van der Waals surface area contributed by atoms with Crippen LogP contribution in [0.2, 0.25) is 0 Å². The Morgan fingerprint density at radius 1 is 0.966 bits per heavy atom. The van der Waals surface area contributed by atoms with Gasteiger partial charge in [-0.2, -0.15) is 0 Å². The van der Waals surface area contributed by atoms with Crippen LogP contribution in [0.25, 0.3) is 0 Å². The Morgan fingerprint density at radius 2 is 1.62 bits per heavy atom. The SMILES string of the molecule is Cc1ccc([C@@H](CNC(=O)C(=O)NCCc2ccccc2)N2CCOCC2)cc1. The van der Waals surface area contributed by atoms with Crippen molar-refractivity contribution >= 4 is 11.8 Å². The van der Waals surface area contributed by atoms with Gasteiger partial charge in [-0.05, 0) is 24.5 Å². The number of benzene rings is 2. The molecule has 154 valence electrons. The fourth-order valence-electron chi connectivity index (χ4n) is 3.45. The van der Waals surface area contributed by atoms with Crippen LogP contribution >= 0.6 is 0 Å². The molecular formula is C23H29N3O3. The van der Waals surface area contributed by atoms with E-state index in [-0.39, 0.29) is 6.04 Å². The second-order valence-electron chi connectivity index (χ2n) is 7.28. The maximum atomic E-state index is 12.3. The van der Waals surface area contributed by atoms with Crippen LogP contribution in [0.4, 0.5) is 0 Å². The molecule has 2 aromatic carbocycles. The molecule has 0 aromatic heterocycles. The average molecular weight is 396 g/mol. The number of nitrogens with one attached hydrogen (secondary N) is 2. The van der Waals surface area contributed by atoms with Gasteiger partial charge in [0.15, 0.2) is 0 Å². The van der Waals surface area contributed by atoms with Gasteiger partial charge >= 0.3 is 11.8 Å². The molecule has 2 aromatic rings. The van der Waals surface area contributed by atoms with Crippen molar-refractivity contribution in [2.45, 2.75) is 19.4 Å². The average Bonchev–Trinajstić information content (AvgIpc) is 2.76. The largest absolute Gasteiger partial charge is 0.379 e. The van der Waals surface area contributed by atoms with Crippen LogP contribution in [0.3, 0.4) is 0 Å². The third kappa shape index (κ3) is 6.41. The van der Waals surface area contributed by atoms with E-state index in [1.165, 1.54) is 5.56 Å². The molecule has 1 heterocycles. The molecule has 29 heavy (non-hydrogen) atoms. The van der Waals surface area contributed by atoms with Crippen molar-refractivity contribution in [3.8, 4) is 0 Å². The van der Waals surface area contributed by atoms with Gasteiger partial charge < -0.3 is 15.4 Å². The molecule has 3 rings (SSSR count). The summed E-state index contributed by atoms with van der Waals surface area (Å²) < 4.78 is 5.46. The first kappa shape index (κ1) is 21.0. The zero-order valence-electron chi connectivity index (χ0n) is 16.9. The molecule has 2 N–H and O–H groups in total. The number of hydrogen-bond donors (Lipinski definition) is 2. The van der Waals surface area contributed by atoms with E-state index in [0.717, 1.165) is 24.2 Å². The molecule has 0 radical (unpaired) electrons. The van der Waals surface area contributed by atoms with Crippen molar-refractivity contribution in [3.63, 3.8) is 0 Å². The van der Waals surface area contributed by atoms with E-state index in [1.807, 2.05) is 30.3 Å². The number of carbonyl (C=O) groups excluding carboxylic acids is 2. The molecule has 0 spiro atoms. The van der Waals surface area contributed by atoms with Gasteiger partial charge in [-0.25, -0.2) is 0 Å². The molecule has 1 atom stereocenters. The molecule has 6 heteroatoms. The minimum atomic E-state index is -0.594. The van der Waals surface area contributed by atoms with Gasteiger partial charge in [0.2, 0.25) is 0 Å². The van der Waals surface area contributed by atoms with Crippen LogP contribution in [-0.4, -0.2) is 56.1 Å². The van der Waals surface area contributed by atoms with Gasteiger partial charge in [0.25, 0.3) is 0 Å². The summed E-state index contributed by atoms with van der Waals surface area (Å²) in [4.78, 5) is 26.7. The highest BCUT2D eigenvalue weighted by Crippen LogP contribution is 2.21. The Labute approximate surface area is 172 Å². The number of aryl methyl sites for hydroxylation is 1. The Bertz CT molecular complexity index is 787. The van der Waals surface area contributed by atoms with E-state index < -0.39 is 11.8 Å². The summed E-state index contributed by atoms with van der Waals surface area (Å²) in [6.45, 7) is 5.83. The van der Waals surface area contributed by atoms with Crippen LogP contribution in [0.5, 0.6) is 0 Å². The van der Waals surface area contributed by atoms with Crippen LogP contribution in [0.15, 0.2) is 54.6 Å². The molecule has 1 fully saturated rings. The molecule has 1 aliphatic rings. The predicted molar refractivity (Wildman–Crippen MR) is 112 cm³/mol. The fourth-order valence-corrected chi connectivity index (χ4v) is 3.45. The van der Waals surface area contributed by atoms with Crippen molar-refractivity contribution in [2.75, 3.05) is 39.4 Å². The minimum absolute atomic E-state index is 0.0144. The first-order valence-corrected chi connectivity index (χ1v) is 10.1. The highest BCUT2D eigenvalue weighted by atomic mass is 16.5. The lowest BCUT2D eigenvalue weighted by molar-refractivity contribution is -0.139. The van der Waals surface area contributed by atoms with Crippen molar-refractivity contribution in [1.29, 1.82) is 0 Å². The van der Waals surface area contributed by atoms with Gasteiger partial charge in [-0.3, -0.25) is 14.5 Å². The first-order chi connectivity index (χ1) is 14.1. The normalized spacial score (nSPS) is 15.5. The van der Waals surface area contributed by atoms with Crippen molar-refractivity contribution in [1.82, 2.24) is 15.5 Å². The highest BCUT2D eigenvalue weighted by molar-refractivity contribution is 6.35. The van der Waals surface area contributed by atoms with E-state index in [2.05, 4.69) is 46.7 Å². The topological polar surface area (TPSA) is 70.7 Å². The van der Waals surface area contributed by atoms with Crippen LogP contribution in [0, 0.1) is 6.92 Å². The van der Waals surface area contributed by atoms with Crippen molar-refractivity contribution in [2.24, 2.45) is 0 Å². The van der Waals surface area contributed by atoms with E-state index in [1.54, 1.807) is 0 Å². The smallest absolute Gasteiger partial charge is 0.309 e. The number of ether oxygens (including phenoxy) is 1. The number of carbonyl (C=O) groups is 2. The van der Waals surface area contributed by atoms with Gasteiger partial charge in [0.05, 0.1) is 19.3 Å². The second kappa shape index (κ2) is 10.7. The number of rotatable bonds is 7. The van der Waals surface area contributed by atoms with Crippen LogP contribution in [-0.2, 0) is 20.7 Å². The van der Waals surface area contributed by atoms with Gasteiger partial charge in [0, 0.05) is 26.2 Å². The summed E-state index contributed by atoms with van der Waals surface area (Å²) in [6.07, 6.45) is 0.694. The number of hydrogen-bond acceptors (Lipinski definition) is 4. The first-order valence-electron chi connectivity index (χ1n) is 10.1.